The molecule has 0 fully saturated rings. The predicted octanol–water partition coefficient (Wildman–Crippen LogP) is 4.95. The van der Waals surface area contributed by atoms with Crippen molar-refractivity contribution in [2.75, 3.05) is 5.75 Å². The minimum atomic E-state index is -0.569. The summed E-state index contributed by atoms with van der Waals surface area (Å²) in [7, 11) is 0. The zero-order valence-electron chi connectivity index (χ0n) is 12.1. The van der Waals surface area contributed by atoms with Crippen molar-refractivity contribution in [3.63, 3.8) is 0 Å². The van der Waals surface area contributed by atoms with Gasteiger partial charge in [0.25, 0.3) is 0 Å². The molecule has 0 spiro atoms. The monoisotopic (exact) mass is 322 g/mol. The Kier molecular flexibility index (Phi) is 5.97. The summed E-state index contributed by atoms with van der Waals surface area (Å²) in [6, 6.07) is 15.2. The normalized spacial score (nSPS) is 12.4. The van der Waals surface area contributed by atoms with E-state index in [9.17, 15) is 5.11 Å². The quantitative estimate of drug-likeness (QED) is 0.763. The van der Waals surface area contributed by atoms with Gasteiger partial charge in [0.15, 0.2) is 0 Å². The molecule has 0 bridgehead atoms. The highest BCUT2D eigenvalue weighted by Crippen LogP contribution is 2.31. The van der Waals surface area contributed by atoms with Gasteiger partial charge in [-0.05, 0) is 44.2 Å². The van der Waals surface area contributed by atoms with Crippen molar-refractivity contribution in [3.05, 3.63) is 59.1 Å². The highest BCUT2D eigenvalue weighted by Gasteiger charge is 2.14. The molecule has 0 amide bonds. The maximum absolute atomic E-state index is 10.4. The Morgan fingerprint density at radius 1 is 1.10 bits per heavy atom. The van der Waals surface area contributed by atoms with Gasteiger partial charge in [-0.2, -0.15) is 0 Å². The lowest BCUT2D eigenvalue weighted by molar-refractivity contribution is 0.186. The number of hydrogen-bond acceptors (Lipinski definition) is 3. The maximum Gasteiger partial charge on any atom is 0.125 e. The van der Waals surface area contributed by atoms with Crippen LogP contribution < -0.4 is 4.74 Å². The molecule has 112 valence electrons. The Morgan fingerprint density at radius 3 is 2.43 bits per heavy atom. The molecular weight excluding hydrogens is 304 g/mol. The van der Waals surface area contributed by atoms with E-state index in [0.29, 0.717) is 5.75 Å². The van der Waals surface area contributed by atoms with E-state index >= 15 is 0 Å². The van der Waals surface area contributed by atoms with Gasteiger partial charge in [0.2, 0.25) is 0 Å². The molecule has 0 saturated heterocycles. The van der Waals surface area contributed by atoms with E-state index < -0.39 is 6.10 Å². The summed E-state index contributed by atoms with van der Waals surface area (Å²) in [6.07, 6.45) is -0.483. The number of hydrogen-bond donors (Lipinski definition) is 1. The molecule has 4 heteroatoms. The van der Waals surface area contributed by atoms with Crippen molar-refractivity contribution in [2.45, 2.75) is 31.0 Å². The van der Waals surface area contributed by atoms with E-state index in [1.54, 1.807) is 11.8 Å². The van der Waals surface area contributed by atoms with E-state index in [0.717, 1.165) is 21.2 Å². The smallest absolute Gasteiger partial charge is 0.125 e. The lowest BCUT2D eigenvalue weighted by Crippen LogP contribution is -2.10. The molecule has 0 radical (unpaired) electrons. The Labute approximate surface area is 135 Å². The number of aliphatic hydroxyl groups is 1. The minimum absolute atomic E-state index is 0.0854. The number of thioether (sulfide) groups is 1. The number of rotatable bonds is 6. The van der Waals surface area contributed by atoms with Crippen LogP contribution in [0.2, 0.25) is 5.02 Å². The molecule has 0 aliphatic heterocycles. The Balaban J connectivity index is 2.03. The summed E-state index contributed by atoms with van der Waals surface area (Å²) in [6.45, 7) is 3.96. The van der Waals surface area contributed by atoms with Crippen molar-refractivity contribution in [1.29, 1.82) is 0 Å². The SMILES string of the molecule is CC(C)Oc1ccccc1C(O)CSc1ccc(Cl)cc1. The second-order valence-corrected chi connectivity index (χ2v) is 6.52. The summed E-state index contributed by atoms with van der Waals surface area (Å²) in [5.74, 6) is 1.32. The minimum Gasteiger partial charge on any atom is -0.491 e. The number of para-hydroxylation sites is 1. The van der Waals surface area contributed by atoms with Gasteiger partial charge in [0.1, 0.15) is 5.75 Å². The van der Waals surface area contributed by atoms with Gasteiger partial charge in [0, 0.05) is 21.2 Å². The summed E-state index contributed by atoms with van der Waals surface area (Å²) >= 11 is 7.46. The first-order chi connectivity index (χ1) is 10.1. The zero-order chi connectivity index (χ0) is 15.2. The van der Waals surface area contributed by atoms with Crippen LogP contribution in [0.4, 0.5) is 0 Å². The van der Waals surface area contributed by atoms with Crippen molar-refractivity contribution in [3.8, 4) is 5.75 Å². The van der Waals surface area contributed by atoms with Gasteiger partial charge >= 0.3 is 0 Å². The van der Waals surface area contributed by atoms with Crippen LogP contribution in [-0.2, 0) is 0 Å². The third kappa shape index (κ3) is 4.95. The van der Waals surface area contributed by atoms with Crippen LogP contribution in [-0.4, -0.2) is 17.0 Å². The predicted molar refractivity (Wildman–Crippen MR) is 89.3 cm³/mol. The molecular formula is C17H19ClO2S. The van der Waals surface area contributed by atoms with Crippen LogP contribution in [0.3, 0.4) is 0 Å². The molecule has 0 aliphatic rings. The summed E-state index contributed by atoms with van der Waals surface area (Å²) in [4.78, 5) is 1.08. The average Bonchev–Trinajstić information content (AvgIpc) is 2.46. The molecule has 0 aliphatic carbocycles. The molecule has 2 rings (SSSR count). The fraction of sp³-hybridized carbons (Fsp3) is 0.294. The fourth-order valence-electron chi connectivity index (χ4n) is 1.91. The van der Waals surface area contributed by atoms with Crippen LogP contribution in [0.5, 0.6) is 5.75 Å². The molecule has 0 aromatic heterocycles. The molecule has 2 aromatic carbocycles. The number of ether oxygens (including phenoxy) is 1. The molecule has 0 saturated carbocycles. The first-order valence-electron chi connectivity index (χ1n) is 6.88. The third-order valence-electron chi connectivity index (χ3n) is 2.86. The number of aliphatic hydroxyl groups excluding tert-OH is 1. The summed E-state index contributed by atoms with van der Waals surface area (Å²) < 4.78 is 5.75. The average molecular weight is 323 g/mol. The zero-order valence-corrected chi connectivity index (χ0v) is 13.7. The number of halogens is 1. The molecule has 1 N–H and O–H groups in total. The highest BCUT2D eigenvalue weighted by molar-refractivity contribution is 7.99. The van der Waals surface area contributed by atoms with Gasteiger partial charge in [0.05, 0.1) is 12.2 Å². The Bertz CT molecular complexity index is 569. The molecule has 1 atom stereocenters. The second kappa shape index (κ2) is 7.74. The van der Waals surface area contributed by atoms with E-state index in [2.05, 4.69) is 0 Å². The third-order valence-corrected chi connectivity index (χ3v) is 4.20. The van der Waals surface area contributed by atoms with Gasteiger partial charge in [-0.25, -0.2) is 0 Å². The molecule has 21 heavy (non-hydrogen) atoms. The largest absolute Gasteiger partial charge is 0.491 e. The van der Waals surface area contributed by atoms with Crippen LogP contribution in [0.15, 0.2) is 53.4 Å². The summed E-state index contributed by atoms with van der Waals surface area (Å²) in [5, 5.41) is 11.1. The molecule has 2 nitrogen and oxygen atoms in total. The Hall–Kier alpha value is -1.16. The van der Waals surface area contributed by atoms with Gasteiger partial charge in [-0.15, -0.1) is 11.8 Å². The van der Waals surface area contributed by atoms with Gasteiger partial charge < -0.3 is 9.84 Å². The van der Waals surface area contributed by atoms with Crippen LogP contribution in [0.1, 0.15) is 25.5 Å². The highest BCUT2D eigenvalue weighted by atomic mass is 35.5. The van der Waals surface area contributed by atoms with Crippen molar-refractivity contribution in [2.24, 2.45) is 0 Å². The maximum atomic E-state index is 10.4. The first-order valence-corrected chi connectivity index (χ1v) is 8.24. The van der Waals surface area contributed by atoms with E-state index in [-0.39, 0.29) is 6.10 Å². The molecule has 0 heterocycles. The lowest BCUT2D eigenvalue weighted by atomic mass is 10.1. The van der Waals surface area contributed by atoms with E-state index in [1.165, 1.54) is 0 Å². The van der Waals surface area contributed by atoms with Crippen LogP contribution >= 0.6 is 23.4 Å². The topological polar surface area (TPSA) is 29.5 Å². The van der Waals surface area contributed by atoms with Crippen molar-refractivity contribution in [1.82, 2.24) is 0 Å². The standard InChI is InChI=1S/C17H19ClO2S/c1-12(2)20-17-6-4-3-5-15(17)16(19)11-21-14-9-7-13(18)8-10-14/h3-10,12,16,19H,11H2,1-2H3. The van der Waals surface area contributed by atoms with E-state index in [1.807, 2.05) is 62.4 Å². The number of benzene rings is 2. The molecule has 2 aromatic rings. The van der Waals surface area contributed by atoms with Crippen LogP contribution in [0, 0.1) is 0 Å². The fourth-order valence-corrected chi connectivity index (χ4v) is 2.90. The van der Waals surface area contributed by atoms with Crippen molar-refractivity contribution >= 4 is 23.4 Å². The Morgan fingerprint density at radius 2 is 1.76 bits per heavy atom. The van der Waals surface area contributed by atoms with Gasteiger partial charge in [-0.3, -0.25) is 0 Å². The van der Waals surface area contributed by atoms with E-state index in [4.69, 9.17) is 16.3 Å². The summed E-state index contributed by atoms with van der Waals surface area (Å²) in [5.41, 5.74) is 0.827. The second-order valence-electron chi connectivity index (χ2n) is 4.99. The van der Waals surface area contributed by atoms with Crippen LogP contribution in [0.25, 0.3) is 0 Å². The lowest BCUT2D eigenvalue weighted by Gasteiger charge is -2.17. The van der Waals surface area contributed by atoms with Gasteiger partial charge in [-0.1, -0.05) is 29.8 Å². The first kappa shape index (κ1) is 16.2. The van der Waals surface area contributed by atoms with Crippen molar-refractivity contribution < 1.29 is 9.84 Å². The molecule has 1 unspecified atom stereocenters.